The number of para-hydroxylation sites is 1. The number of hydrogen-bond acceptors (Lipinski definition) is 1. The lowest BCUT2D eigenvalue weighted by molar-refractivity contribution is 0.246. The van der Waals surface area contributed by atoms with Crippen molar-refractivity contribution in [2.75, 3.05) is 11.4 Å². The Morgan fingerprint density at radius 3 is 2.90 bits per heavy atom. The van der Waals surface area contributed by atoms with Crippen molar-refractivity contribution >= 4 is 27.6 Å². The van der Waals surface area contributed by atoms with E-state index in [-0.39, 0.29) is 6.03 Å². The van der Waals surface area contributed by atoms with Gasteiger partial charge in [-0.15, -0.1) is 0 Å². The first kappa shape index (κ1) is 13.2. The molecule has 0 unspecified atom stereocenters. The Bertz CT molecular complexity index is 642. The minimum atomic E-state index is -0.0325. The highest BCUT2D eigenvalue weighted by Crippen LogP contribution is 2.27. The molecule has 0 atom stereocenters. The minimum absolute atomic E-state index is 0.0325. The molecule has 0 aromatic heterocycles. The Balaban J connectivity index is 1.66. The van der Waals surface area contributed by atoms with E-state index < -0.39 is 0 Å². The maximum atomic E-state index is 12.3. The summed E-state index contributed by atoms with van der Waals surface area (Å²) in [4.78, 5) is 14.1. The predicted octanol–water partition coefficient (Wildman–Crippen LogP) is 3.72. The van der Waals surface area contributed by atoms with E-state index in [1.54, 1.807) is 0 Å². The monoisotopic (exact) mass is 330 g/mol. The zero-order valence-corrected chi connectivity index (χ0v) is 12.6. The Morgan fingerprint density at radius 2 is 2.05 bits per heavy atom. The van der Waals surface area contributed by atoms with Crippen molar-refractivity contribution in [3.63, 3.8) is 0 Å². The number of carbonyl (C=O) groups excluding carboxylic acids is 1. The number of urea groups is 1. The van der Waals surface area contributed by atoms with Crippen LogP contribution in [0.5, 0.6) is 0 Å². The summed E-state index contributed by atoms with van der Waals surface area (Å²) in [5.41, 5.74) is 3.35. The van der Waals surface area contributed by atoms with Crippen LogP contribution in [0.2, 0.25) is 0 Å². The van der Waals surface area contributed by atoms with Crippen molar-refractivity contribution in [2.45, 2.75) is 13.0 Å². The van der Waals surface area contributed by atoms with Gasteiger partial charge < -0.3 is 5.32 Å². The largest absolute Gasteiger partial charge is 0.334 e. The number of hydrogen-bond donors (Lipinski definition) is 1. The van der Waals surface area contributed by atoms with Crippen molar-refractivity contribution in [1.29, 1.82) is 0 Å². The predicted molar refractivity (Wildman–Crippen MR) is 83.9 cm³/mol. The van der Waals surface area contributed by atoms with Crippen LogP contribution in [0.25, 0.3) is 0 Å². The molecule has 2 aromatic carbocycles. The van der Waals surface area contributed by atoms with Gasteiger partial charge in [0.25, 0.3) is 0 Å². The summed E-state index contributed by atoms with van der Waals surface area (Å²) in [5.74, 6) is 0. The van der Waals surface area contributed by atoms with Gasteiger partial charge >= 0.3 is 6.03 Å². The Hall–Kier alpha value is -1.81. The highest BCUT2D eigenvalue weighted by molar-refractivity contribution is 9.10. The number of benzene rings is 2. The highest BCUT2D eigenvalue weighted by Gasteiger charge is 2.23. The highest BCUT2D eigenvalue weighted by atomic mass is 79.9. The summed E-state index contributed by atoms with van der Waals surface area (Å²) in [6.07, 6.45) is 0.931. The average Bonchev–Trinajstić information content (AvgIpc) is 2.89. The number of rotatable bonds is 2. The molecule has 20 heavy (non-hydrogen) atoms. The van der Waals surface area contributed by atoms with Crippen LogP contribution in [0, 0.1) is 0 Å². The third kappa shape index (κ3) is 2.70. The number of halogens is 1. The third-order valence-electron chi connectivity index (χ3n) is 3.47. The Morgan fingerprint density at radius 1 is 1.20 bits per heavy atom. The molecule has 0 saturated carbocycles. The average molecular weight is 331 g/mol. The molecule has 4 heteroatoms. The molecule has 0 aliphatic carbocycles. The molecular weight excluding hydrogens is 316 g/mol. The smallest absolute Gasteiger partial charge is 0.322 e. The first-order chi connectivity index (χ1) is 9.74. The van der Waals surface area contributed by atoms with Gasteiger partial charge in [-0.1, -0.05) is 46.3 Å². The molecule has 102 valence electrons. The quantitative estimate of drug-likeness (QED) is 0.894. The van der Waals surface area contributed by atoms with E-state index >= 15 is 0 Å². The summed E-state index contributed by atoms with van der Waals surface area (Å²) >= 11 is 3.43. The van der Waals surface area contributed by atoms with Crippen LogP contribution in [0.4, 0.5) is 10.5 Å². The van der Waals surface area contributed by atoms with E-state index in [2.05, 4.69) is 27.3 Å². The third-order valence-corrected chi connectivity index (χ3v) is 3.96. The van der Waals surface area contributed by atoms with Gasteiger partial charge in [0.15, 0.2) is 0 Å². The number of amides is 2. The van der Waals surface area contributed by atoms with Gasteiger partial charge in [-0.25, -0.2) is 4.79 Å². The fourth-order valence-electron chi connectivity index (χ4n) is 2.47. The van der Waals surface area contributed by atoms with Crippen LogP contribution < -0.4 is 10.2 Å². The Kier molecular flexibility index (Phi) is 3.74. The number of anilines is 1. The topological polar surface area (TPSA) is 32.3 Å². The van der Waals surface area contributed by atoms with Crippen molar-refractivity contribution in [1.82, 2.24) is 5.32 Å². The summed E-state index contributed by atoms with van der Waals surface area (Å²) < 4.78 is 1.02. The molecule has 3 nitrogen and oxygen atoms in total. The molecule has 1 heterocycles. The summed E-state index contributed by atoms with van der Waals surface area (Å²) in [6, 6.07) is 16.0. The van der Waals surface area contributed by atoms with E-state index in [9.17, 15) is 4.79 Å². The zero-order chi connectivity index (χ0) is 13.9. The van der Waals surface area contributed by atoms with Crippen molar-refractivity contribution in [3.8, 4) is 0 Å². The van der Waals surface area contributed by atoms with E-state index in [1.807, 2.05) is 47.4 Å². The first-order valence-corrected chi connectivity index (χ1v) is 7.41. The fraction of sp³-hybridized carbons (Fsp3) is 0.188. The lowest BCUT2D eigenvalue weighted by Crippen LogP contribution is -2.38. The van der Waals surface area contributed by atoms with E-state index in [0.29, 0.717) is 6.54 Å². The lowest BCUT2D eigenvalue weighted by Gasteiger charge is -2.18. The number of carbonyl (C=O) groups is 1. The van der Waals surface area contributed by atoms with Gasteiger partial charge in [0.05, 0.1) is 0 Å². The van der Waals surface area contributed by atoms with Crippen LogP contribution in [-0.2, 0) is 13.0 Å². The second kappa shape index (κ2) is 5.67. The van der Waals surface area contributed by atoms with Gasteiger partial charge in [-0.05, 0) is 35.7 Å². The molecule has 0 radical (unpaired) electrons. The molecule has 2 aromatic rings. The van der Waals surface area contributed by atoms with Crippen molar-refractivity contribution in [2.24, 2.45) is 0 Å². The minimum Gasteiger partial charge on any atom is -0.334 e. The number of fused-ring (bicyclic) bond motifs is 1. The lowest BCUT2D eigenvalue weighted by atomic mass is 10.2. The fourth-order valence-corrected chi connectivity index (χ4v) is 2.92. The summed E-state index contributed by atoms with van der Waals surface area (Å²) in [5, 5.41) is 2.98. The number of nitrogens with one attached hydrogen (secondary N) is 1. The van der Waals surface area contributed by atoms with Gasteiger partial charge in [-0.2, -0.15) is 0 Å². The van der Waals surface area contributed by atoms with Crippen LogP contribution >= 0.6 is 15.9 Å². The van der Waals surface area contributed by atoms with Crippen molar-refractivity contribution < 1.29 is 4.79 Å². The molecule has 3 rings (SSSR count). The second-order valence-electron chi connectivity index (χ2n) is 4.82. The molecule has 2 amide bonds. The first-order valence-electron chi connectivity index (χ1n) is 6.62. The standard InChI is InChI=1S/C16H15BrN2O/c17-14-6-3-4-12(10-14)11-18-16(20)19-9-8-13-5-1-2-7-15(13)19/h1-7,10H,8-9,11H2,(H,18,20). The van der Waals surface area contributed by atoms with Crippen LogP contribution in [0.1, 0.15) is 11.1 Å². The normalized spacial score (nSPS) is 13.2. The summed E-state index contributed by atoms with van der Waals surface area (Å²) in [6.45, 7) is 1.29. The van der Waals surface area contributed by atoms with Gasteiger partial charge in [0.1, 0.15) is 0 Å². The Labute approximate surface area is 126 Å². The van der Waals surface area contributed by atoms with Crippen LogP contribution in [0.3, 0.4) is 0 Å². The molecule has 0 saturated heterocycles. The molecule has 0 spiro atoms. The zero-order valence-electron chi connectivity index (χ0n) is 11.0. The van der Waals surface area contributed by atoms with Gasteiger partial charge in [-0.3, -0.25) is 4.90 Å². The number of nitrogens with zero attached hydrogens (tertiary/aromatic N) is 1. The molecule has 0 bridgehead atoms. The molecular formula is C16H15BrN2O. The van der Waals surface area contributed by atoms with E-state index in [1.165, 1.54) is 5.56 Å². The van der Waals surface area contributed by atoms with Gasteiger partial charge in [0.2, 0.25) is 0 Å². The molecule has 1 aliphatic rings. The van der Waals surface area contributed by atoms with Crippen LogP contribution in [0.15, 0.2) is 53.0 Å². The van der Waals surface area contributed by atoms with E-state index in [0.717, 1.165) is 28.7 Å². The second-order valence-corrected chi connectivity index (χ2v) is 5.73. The SMILES string of the molecule is O=C(NCc1cccc(Br)c1)N1CCc2ccccc21. The summed E-state index contributed by atoms with van der Waals surface area (Å²) in [7, 11) is 0. The van der Waals surface area contributed by atoms with Crippen LogP contribution in [-0.4, -0.2) is 12.6 Å². The van der Waals surface area contributed by atoms with E-state index in [4.69, 9.17) is 0 Å². The molecule has 1 aliphatic heterocycles. The molecule has 0 fully saturated rings. The maximum Gasteiger partial charge on any atom is 0.322 e. The van der Waals surface area contributed by atoms with Crippen molar-refractivity contribution in [3.05, 3.63) is 64.1 Å². The maximum absolute atomic E-state index is 12.3. The van der Waals surface area contributed by atoms with Gasteiger partial charge in [0, 0.05) is 23.2 Å². The molecule has 1 N–H and O–H groups in total.